The number of hydrogen-bond acceptors (Lipinski definition) is 4. The fraction of sp³-hybridized carbons (Fsp3) is 0.167. The van der Waals surface area contributed by atoms with Gasteiger partial charge in [-0.1, -0.05) is 11.6 Å². The number of carbonyl (C=O) groups is 1. The Bertz CT molecular complexity index is 601. The van der Waals surface area contributed by atoms with Crippen molar-refractivity contribution in [3.05, 3.63) is 45.0 Å². The maximum absolute atomic E-state index is 11.7. The van der Waals surface area contributed by atoms with E-state index in [4.69, 9.17) is 16.0 Å². The van der Waals surface area contributed by atoms with Gasteiger partial charge in [0.2, 0.25) is 0 Å². The second kappa shape index (κ2) is 5.37. The number of thiophene rings is 1. The second-order valence-electron chi connectivity index (χ2n) is 3.65. The van der Waals surface area contributed by atoms with Gasteiger partial charge < -0.3 is 4.42 Å². The predicted octanol–water partition coefficient (Wildman–Crippen LogP) is 3.46. The zero-order valence-corrected chi connectivity index (χ0v) is 11.4. The molecule has 6 heteroatoms. The molecule has 0 saturated heterocycles. The molecule has 0 aromatic carbocycles. The maximum Gasteiger partial charge on any atom is 0.307 e. The van der Waals surface area contributed by atoms with Crippen LogP contribution in [0.3, 0.4) is 0 Å². The standard InChI is InChI=1S/C12H11ClN2O2S/c1-7-3-4-9(17-7)12(16)15-14-8(2)10-5-6-11(13)18-10/h3-6H,1-2H3,(H,15,16)/b14-8+. The Kier molecular flexibility index (Phi) is 3.84. The van der Waals surface area contributed by atoms with Crippen LogP contribution in [0.2, 0.25) is 4.34 Å². The number of hydrazone groups is 1. The van der Waals surface area contributed by atoms with Crippen molar-refractivity contribution < 1.29 is 9.21 Å². The SMILES string of the molecule is C/C(=N\NC(=O)c1ccc(C)o1)c1ccc(Cl)s1. The Labute approximate surface area is 113 Å². The summed E-state index contributed by atoms with van der Waals surface area (Å²) in [5.74, 6) is 0.559. The van der Waals surface area contributed by atoms with E-state index in [9.17, 15) is 4.79 Å². The van der Waals surface area contributed by atoms with Crippen molar-refractivity contribution in [3.63, 3.8) is 0 Å². The Morgan fingerprint density at radius 2 is 2.17 bits per heavy atom. The number of nitrogens with one attached hydrogen (secondary N) is 1. The second-order valence-corrected chi connectivity index (χ2v) is 5.37. The van der Waals surface area contributed by atoms with Crippen LogP contribution in [0.15, 0.2) is 33.8 Å². The minimum atomic E-state index is -0.370. The highest BCUT2D eigenvalue weighted by Crippen LogP contribution is 2.21. The topological polar surface area (TPSA) is 54.6 Å². The van der Waals surface area contributed by atoms with Gasteiger partial charge in [0.15, 0.2) is 5.76 Å². The lowest BCUT2D eigenvalue weighted by Gasteiger charge is -1.98. The van der Waals surface area contributed by atoms with Crippen LogP contribution < -0.4 is 5.43 Å². The zero-order valence-electron chi connectivity index (χ0n) is 9.86. The van der Waals surface area contributed by atoms with E-state index in [1.165, 1.54) is 11.3 Å². The van der Waals surface area contributed by atoms with Crippen LogP contribution in [-0.2, 0) is 0 Å². The maximum atomic E-state index is 11.7. The number of carbonyl (C=O) groups excluding carboxylic acids is 1. The van der Waals surface area contributed by atoms with Gasteiger partial charge in [-0.3, -0.25) is 4.79 Å². The Morgan fingerprint density at radius 3 is 2.72 bits per heavy atom. The minimum Gasteiger partial charge on any atom is -0.456 e. The molecule has 1 amide bonds. The van der Waals surface area contributed by atoms with E-state index < -0.39 is 0 Å². The molecule has 0 atom stereocenters. The first kappa shape index (κ1) is 12.9. The van der Waals surface area contributed by atoms with Crippen molar-refractivity contribution in [1.29, 1.82) is 0 Å². The number of halogens is 1. The third kappa shape index (κ3) is 3.00. The number of amides is 1. The van der Waals surface area contributed by atoms with Gasteiger partial charge in [0, 0.05) is 0 Å². The summed E-state index contributed by atoms with van der Waals surface area (Å²) in [5.41, 5.74) is 3.14. The molecule has 0 radical (unpaired) electrons. The van der Waals surface area contributed by atoms with Crippen LogP contribution >= 0.6 is 22.9 Å². The summed E-state index contributed by atoms with van der Waals surface area (Å²) in [5, 5.41) is 4.00. The summed E-state index contributed by atoms with van der Waals surface area (Å²) in [6, 6.07) is 6.98. The van der Waals surface area contributed by atoms with E-state index in [2.05, 4.69) is 10.5 Å². The summed E-state index contributed by atoms with van der Waals surface area (Å²) >= 11 is 7.23. The van der Waals surface area contributed by atoms with Gasteiger partial charge in [0.25, 0.3) is 0 Å². The lowest BCUT2D eigenvalue weighted by Crippen LogP contribution is -2.18. The molecule has 0 fully saturated rings. The molecule has 0 aliphatic carbocycles. The van der Waals surface area contributed by atoms with Crippen molar-refractivity contribution in [1.82, 2.24) is 5.43 Å². The van der Waals surface area contributed by atoms with Crippen molar-refractivity contribution in [3.8, 4) is 0 Å². The summed E-state index contributed by atoms with van der Waals surface area (Å²) in [4.78, 5) is 12.6. The molecule has 18 heavy (non-hydrogen) atoms. The minimum absolute atomic E-state index is 0.244. The predicted molar refractivity (Wildman–Crippen MR) is 72.5 cm³/mol. The van der Waals surface area contributed by atoms with Crippen LogP contribution in [0.4, 0.5) is 0 Å². The molecular weight excluding hydrogens is 272 g/mol. The Hall–Kier alpha value is -1.59. The van der Waals surface area contributed by atoms with Gasteiger partial charge in [-0.05, 0) is 38.1 Å². The third-order valence-electron chi connectivity index (χ3n) is 2.22. The first-order chi connectivity index (χ1) is 8.56. The molecule has 0 aliphatic rings. The van der Waals surface area contributed by atoms with Gasteiger partial charge in [-0.15, -0.1) is 11.3 Å². The highest BCUT2D eigenvalue weighted by Gasteiger charge is 2.09. The largest absolute Gasteiger partial charge is 0.456 e. The fourth-order valence-corrected chi connectivity index (χ4v) is 2.30. The number of nitrogens with zero attached hydrogens (tertiary/aromatic N) is 1. The van der Waals surface area contributed by atoms with E-state index >= 15 is 0 Å². The van der Waals surface area contributed by atoms with E-state index in [0.717, 1.165) is 4.88 Å². The highest BCUT2D eigenvalue weighted by molar-refractivity contribution is 7.18. The molecule has 0 unspecified atom stereocenters. The molecule has 4 nitrogen and oxygen atoms in total. The molecule has 2 aromatic heterocycles. The first-order valence-electron chi connectivity index (χ1n) is 5.23. The fourth-order valence-electron chi connectivity index (χ4n) is 1.31. The summed E-state index contributed by atoms with van der Waals surface area (Å²) in [6.07, 6.45) is 0. The summed E-state index contributed by atoms with van der Waals surface area (Å²) in [7, 11) is 0. The molecule has 0 saturated carbocycles. The van der Waals surface area contributed by atoms with Gasteiger partial charge >= 0.3 is 5.91 Å². The van der Waals surface area contributed by atoms with Crippen LogP contribution in [0, 0.1) is 6.92 Å². The molecule has 0 bridgehead atoms. The quantitative estimate of drug-likeness (QED) is 0.692. The zero-order chi connectivity index (χ0) is 13.1. The molecule has 1 N–H and O–H groups in total. The number of hydrogen-bond donors (Lipinski definition) is 1. The van der Waals surface area contributed by atoms with Crippen molar-refractivity contribution >= 4 is 34.6 Å². The Balaban J connectivity index is 2.04. The lowest BCUT2D eigenvalue weighted by atomic mass is 10.3. The Morgan fingerprint density at radius 1 is 1.39 bits per heavy atom. The number of aryl methyl sites for hydroxylation is 1. The normalized spacial score (nSPS) is 11.6. The average Bonchev–Trinajstić information content (AvgIpc) is 2.94. The molecule has 2 heterocycles. The third-order valence-corrected chi connectivity index (χ3v) is 3.56. The molecule has 0 aliphatic heterocycles. The average molecular weight is 283 g/mol. The number of furan rings is 1. The summed E-state index contributed by atoms with van der Waals surface area (Å²) < 4.78 is 5.88. The number of rotatable bonds is 3. The van der Waals surface area contributed by atoms with E-state index in [1.54, 1.807) is 32.0 Å². The van der Waals surface area contributed by atoms with Gasteiger partial charge in [0.1, 0.15) is 5.76 Å². The lowest BCUT2D eigenvalue weighted by molar-refractivity contribution is 0.0926. The van der Waals surface area contributed by atoms with E-state index in [1.807, 2.05) is 6.07 Å². The molecule has 2 aromatic rings. The monoisotopic (exact) mass is 282 g/mol. The van der Waals surface area contributed by atoms with Gasteiger partial charge in [0.05, 0.1) is 14.9 Å². The molecule has 94 valence electrons. The van der Waals surface area contributed by atoms with Gasteiger partial charge in [-0.25, -0.2) is 5.43 Å². The molecule has 0 spiro atoms. The first-order valence-corrected chi connectivity index (χ1v) is 6.42. The smallest absolute Gasteiger partial charge is 0.307 e. The van der Waals surface area contributed by atoms with Crippen LogP contribution in [-0.4, -0.2) is 11.6 Å². The summed E-state index contributed by atoms with van der Waals surface area (Å²) in [6.45, 7) is 3.58. The van der Waals surface area contributed by atoms with E-state index in [-0.39, 0.29) is 11.7 Å². The van der Waals surface area contributed by atoms with Crippen molar-refractivity contribution in [2.24, 2.45) is 5.10 Å². The highest BCUT2D eigenvalue weighted by atomic mass is 35.5. The van der Waals surface area contributed by atoms with Crippen LogP contribution in [0.1, 0.15) is 28.1 Å². The molecule has 2 rings (SSSR count). The van der Waals surface area contributed by atoms with Crippen LogP contribution in [0.25, 0.3) is 0 Å². The van der Waals surface area contributed by atoms with Crippen molar-refractivity contribution in [2.75, 3.05) is 0 Å². The van der Waals surface area contributed by atoms with Crippen LogP contribution in [0.5, 0.6) is 0 Å². The van der Waals surface area contributed by atoms with Crippen molar-refractivity contribution in [2.45, 2.75) is 13.8 Å². The van der Waals surface area contributed by atoms with E-state index in [0.29, 0.717) is 15.8 Å². The van der Waals surface area contributed by atoms with Gasteiger partial charge in [-0.2, -0.15) is 5.10 Å². The molecular formula is C12H11ClN2O2S.